The van der Waals surface area contributed by atoms with E-state index in [0.717, 1.165) is 0 Å². The van der Waals surface area contributed by atoms with Crippen molar-refractivity contribution in [2.24, 2.45) is 0 Å². The van der Waals surface area contributed by atoms with E-state index in [2.05, 4.69) is 86.1 Å². The second kappa shape index (κ2) is 4.27. The molecule has 0 aliphatic carbocycles. The van der Waals surface area contributed by atoms with Gasteiger partial charge in [-0.15, -0.1) is 0 Å². The molecular formula is C18H19N. The minimum atomic E-state index is 0.143. The van der Waals surface area contributed by atoms with Gasteiger partial charge in [0.15, 0.2) is 0 Å². The van der Waals surface area contributed by atoms with Crippen molar-refractivity contribution in [1.82, 2.24) is 4.57 Å². The van der Waals surface area contributed by atoms with Crippen molar-refractivity contribution in [2.75, 3.05) is 0 Å². The summed E-state index contributed by atoms with van der Waals surface area (Å²) in [6, 6.07) is 19.3. The van der Waals surface area contributed by atoms with E-state index in [1.807, 2.05) is 0 Å². The Morgan fingerprint density at radius 1 is 0.789 bits per heavy atom. The van der Waals surface area contributed by atoms with Gasteiger partial charge in [0.25, 0.3) is 0 Å². The molecule has 0 bridgehead atoms. The monoisotopic (exact) mass is 249 g/mol. The summed E-state index contributed by atoms with van der Waals surface area (Å²) < 4.78 is 2.29. The van der Waals surface area contributed by atoms with E-state index in [1.165, 1.54) is 22.2 Å². The predicted octanol–water partition coefficient (Wildman–Crippen LogP) is 4.93. The lowest BCUT2D eigenvalue weighted by atomic mass is 9.86. The van der Waals surface area contributed by atoms with Gasteiger partial charge in [0, 0.05) is 17.3 Å². The van der Waals surface area contributed by atoms with Gasteiger partial charge in [-0.25, -0.2) is 0 Å². The van der Waals surface area contributed by atoms with Crippen LogP contribution in [0.2, 0.25) is 0 Å². The first-order chi connectivity index (χ1) is 9.07. The van der Waals surface area contributed by atoms with E-state index in [4.69, 9.17) is 0 Å². The molecule has 1 heteroatoms. The first-order valence-electron chi connectivity index (χ1n) is 6.73. The zero-order valence-electron chi connectivity index (χ0n) is 11.7. The van der Waals surface area contributed by atoms with Crippen molar-refractivity contribution in [2.45, 2.75) is 26.2 Å². The molecule has 3 aromatic rings. The van der Waals surface area contributed by atoms with E-state index in [9.17, 15) is 0 Å². The molecule has 0 aliphatic heterocycles. The van der Waals surface area contributed by atoms with E-state index in [0.29, 0.717) is 0 Å². The summed E-state index contributed by atoms with van der Waals surface area (Å²) in [5.41, 5.74) is 4.07. The quantitative estimate of drug-likeness (QED) is 0.576. The molecule has 0 saturated carbocycles. The van der Waals surface area contributed by atoms with Gasteiger partial charge in [0.2, 0.25) is 0 Å². The number of nitrogens with zero attached hydrogens (tertiary/aromatic N) is 1. The third kappa shape index (κ3) is 2.06. The van der Waals surface area contributed by atoms with Crippen molar-refractivity contribution in [3.05, 3.63) is 66.4 Å². The highest BCUT2D eigenvalue weighted by molar-refractivity contribution is 5.86. The molecule has 2 aromatic carbocycles. The molecule has 0 amide bonds. The van der Waals surface area contributed by atoms with Crippen molar-refractivity contribution < 1.29 is 0 Å². The minimum absolute atomic E-state index is 0.143. The van der Waals surface area contributed by atoms with Crippen LogP contribution >= 0.6 is 0 Å². The first-order valence-corrected chi connectivity index (χ1v) is 6.73. The zero-order chi connectivity index (χ0) is 13.5. The van der Waals surface area contributed by atoms with Crippen LogP contribution in [0.25, 0.3) is 16.6 Å². The average Bonchev–Trinajstić information content (AvgIpc) is 2.82. The summed E-state index contributed by atoms with van der Waals surface area (Å²) in [5.74, 6) is 0. The molecule has 0 N–H and O–H groups in total. The first kappa shape index (κ1) is 12.0. The summed E-state index contributed by atoms with van der Waals surface area (Å²) in [7, 11) is 0. The van der Waals surface area contributed by atoms with Crippen LogP contribution in [0.4, 0.5) is 0 Å². The van der Waals surface area contributed by atoms with E-state index < -0.39 is 0 Å². The standard InChI is InChI=1S/C18H19N/c1-18(2,3)16-11-7-8-14-12-13-19(17(14)16)15-9-5-4-6-10-15/h4-13H,1-3H3. The van der Waals surface area contributed by atoms with Gasteiger partial charge in [0.05, 0.1) is 5.52 Å². The molecule has 0 radical (unpaired) electrons. The fourth-order valence-corrected chi connectivity index (χ4v) is 2.60. The number of para-hydroxylation sites is 2. The second-order valence-electron chi connectivity index (χ2n) is 6.01. The third-order valence-electron chi connectivity index (χ3n) is 3.55. The lowest BCUT2D eigenvalue weighted by Crippen LogP contribution is -2.13. The van der Waals surface area contributed by atoms with Crippen LogP contribution in [0.3, 0.4) is 0 Å². The molecule has 3 rings (SSSR count). The number of hydrogen-bond donors (Lipinski definition) is 0. The Bertz CT molecular complexity index is 699. The summed E-state index contributed by atoms with van der Waals surface area (Å²) in [5, 5.41) is 1.30. The fraction of sp³-hybridized carbons (Fsp3) is 0.222. The number of benzene rings is 2. The molecule has 0 aliphatic rings. The van der Waals surface area contributed by atoms with Gasteiger partial charge in [-0.3, -0.25) is 0 Å². The highest BCUT2D eigenvalue weighted by Gasteiger charge is 2.19. The number of aromatic nitrogens is 1. The topological polar surface area (TPSA) is 4.93 Å². The van der Waals surface area contributed by atoms with E-state index >= 15 is 0 Å². The summed E-state index contributed by atoms with van der Waals surface area (Å²) in [6.45, 7) is 6.80. The van der Waals surface area contributed by atoms with Crippen molar-refractivity contribution in [1.29, 1.82) is 0 Å². The van der Waals surface area contributed by atoms with Crippen molar-refractivity contribution in [3.63, 3.8) is 0 Å². The SMILES string of the molecule is CC(C)(C)c1cccc2ccn(-c3ccccc3)c12. The Kier molecular flexibility index (Phi) is 2.70. The molecule has 0 atom stereocenters. The molecule has 0 saturated heterocycles. The molecule has 0 unspecified atom stereocenters. The lowest BCUT2D eigenvalue weighted by Gasteiger charge is -2.21. The summed E-state index contributed by atoms with van der Waals surface area (Å²) >= 11 is 0. The van der Waals surface area contributed by atoms with Gasteiger partial charge < -0.3 is 4.57 Å². The van der Waals surface area contributed by atoms with Crippen LogP contribution in [0.15, 0.2) is 60.8 Å². The third-order valence-corrected chi connectivity index (χ3v) is 3.55. The summed E-state index contributed by atoms with van der Waals surface area (Å²) in [6.07, 6.45) is 2.16. The van der Waals surface area contributed by atoms with E-state index in [-0.39, 0.29) is 5.41 Å². The molecule has 0 spiro atoms. The maximum absolute atomic E-state index is 2.29. The highest BCUT2D eigenvalue weighted by Crippen LogP contribution is 2.32. The van der Waals surface area contributed by atoms with Crippen LogP contribution in [0.5, 0.6) is 0 Å². The van der Waals surface area contributed by atoms with Crippen LogP contribution in [-0.2, 0) is 5.41 Å². The maximum Gasteiger partial charge on any atom is 0.0565 e. The van der Waals surface area contributed by atoms with Crippen molar-refractivity contribution in [3.8, 4) is 5.69 Å². The summed E-state index contributed by atoms with van der Waals surface area (Å²) in [4.78, 5) is 0. The Hall–Kier alpha value is -2.02. The number of hydrogen-bond acceptors (Lipinski definition) is 0. The van der Waals surface area contributed by atoms with E-state index in [1.54, 1.807) is 0 Å². The van der Waals surface area contributed by atoms with Crippen LogP contribution in [0.1, 0.15) is 26.3 Å². The van der Waals surface area contributed by atoms with Crippen molar-refractivity contribution >= 4 is 10.9 Å². The Morgan fingerprint density at radius 2 is 1.53 bits per heavy atom. The van der Waals surface area contributed by atoms with Gasteiger partial charge >= 0.3 is 0 Å². The minimum Gasteiger partial charge on any atom is -0.316 e. The molecule has 1 aromatic heterocycles. The average molecular weight is 249 g/mol. The van der Waals surface area contributed by atoms with Gasteiger partial charge in [-0.05, 0) is 29.2 Å². The maximum atomic E-state index is 2.29. The normalized spacial score (nSPS) is 11.9. The zero-order valence-corrected chi connectivity index (χ0v) is 11.7. The molecule has 1 nitrogen and oxygen atoms in total. The van der Waals surface area contributed by atoms with Gasteiger partial charge in [-0.2, -0.15) is 0 Å². The molecule has 19 heavy (non-hydrogen) atoms. The van der Waals surface area contributed by atoms with Crippen LogP contribution in [0, 0.1) is 0 Å². The predicted molar refractivity (Wildman–Crippen MR) is 82.0 cm³/mol. The number of rotatable bonds is 1. The molecule has 0 fully saturated rings. The Labute approximate surface area is 114 Å². The Balaban J connectivity index is 2.33. The van der Waals surface area contributed by atoms with Crippen LogP contribution < -0.4 is 0 Å². The lowest BCUT2D eigenvalue weighted by molar-refractivity contribution is 0.594. The smallest absolute Gasteiger partial charge is 0.0565 e. The number of fused-ring (bicyclic) bond motifs is 1. The second-order valence-corrected chi connectivity index (χ2v) is 6.01. The molecule has 96 valence electrons. The van der Waals surface area contributed by atoms with Gasteiger partial charge in [0.1, 0.15) is 0 Å². The molecule has 1 heterocycles. The highest BCUT2D eigenvalue weighted by atomic mass is 15.0. The van der Waals surface area contributed by atoms with Crippen LogP contribution in [-0.4, -0.2) is 4.57 Å². The fourth-order valence-electron chi connectivity index (χ4n) is 2.60. The Morgan fingerprint density at radius 3 is 2.21 bits per heavy atom. The van der Waals surface area contributed by atoms with Gasteiger partial charge in [-0.1, -0.05) is 57.2 Å². The molecular weight excluding hydrogens is 230 g/mol. The largest absolute Gasteiger partial charge is 0.316 e.